The lowest BCUT2D eigenvalue weighted by Gasteiger charge is -2.12. The number of halogens is 1. The third-order valence-electron chi connectivity index (χ3n) is 2.29. The summed E-state index contributed by atoms with van der Waals surface area (Å²) in [4.78, 5) is 33.2. The topological polar surface area (TPSA) is 109 Å². The molecule has 6 nitrogen and oxygen atoms in total. The Morgan fingerprint density at radius 1 is 1.37 bits per heavy atom. The van der Waals surface area contributed by atoms with Gasteiger partial charge in [-0.1, -0.05) is 28.1 Å². The van der Waals surface area contributed by atoms with E-state index in [1.165, 1.54) is 0 Å². The highest BCUT2D eigenvalue weighted by Gasteiger charge is 2.21. The molecule has 4 N–H and O–H groups in total. The van der Waals surface area contributed by atoms with E-state index in [0.29, 0.717) is 0 Å². The molecule has 7 heteroatoms. The van der Waals surface area contributed by atoms with Crippen LogP contribution in [0.2, 0.25) is 0 Å². The molecule has 1 aromatic rings. The highest BCUT2D eigenvalue weighted by molar-refractivity contribution is 9.10. The molecular weight excluding hydrogens is 316 g/mol. The Balaban J connectivity index is 2.62. The van der Waals surface area contributed by atoms with E-state index in [-0.39, 0.29) is 6.42 Å². The zero-order valence-corrected chi connectivity index (χ0v) is 11.5. The summed E-state index contributed by atoms with van der Waals surface area (Å²) in [5.74, 6) is -2.55. The number of amides is 2. The number of rotatable bonds is 6. The quantitative estimate of drug-likeness (QED) is 0.703. The molecule has 19 heavy (non-hydrogen) atoms. The molecule has 0 unspecified atom stereocenters. The fraction of sp³-hybridized carbons (Fsp3) is 0.250. The first-order valence-corrected chi connectivity index (χ1v) is 6.22. The molecule has 0 bridgehead atoms. The maximum Gasteiger partial charge on any atom is 0.326 e. The van der Waals surface area contributed by atoms with Crippen LogP contribution in [-0.4, -0.2) is 28.9 Å². The first kappa shape index (κ1) is 15.2. The molecule has 102 valence electrons. The lowest BCUT2D eigenvalue weighted by atomic mass is 10.1. The van der Waals surface area contributed by atoms with Crippen LogP contribution < -0.4 is 11.1 Å². The van der Waals surface area contributed by atoms with Crippen molar-refractivity contribution in [3.63, 3.8) is 0 Å². The Morgan fingerprint density at radius 2 is 2.05 bits per heavy atom. The first-order chi connectivity index (χ1) is 8.88. The lowest BCUT2D eigenvalue weighted by molar-refractivity contribution is -0.143. The van der Waals surface area contributed by atoms with Crippen LogP contribution in [0, 0.1) is 0 Å². The summed E-state index contributed by atoms with van der Waals surface area (Å²) >= 11 is 3.27. The zero-order valence-electron chi connectivity index (χ0n) is 9.93. The molecule has 0 aliphatic heterocycles. The number of carboxylic acids is 1. The van der Waals surface area contributed by atoms with Crippen LogP contribution in [0.25, 0.3) is 0 Å². The zero-order chi connectivity index (χ0) is 14.4. The molecule has 2 amide bonds. The van der Waals surface area contributed by atoms with Crippen molar-refractivity contribution < 1.29 is 19.5 Å². The number of aliphatic carboxylic acids is 1. The van der Waals surface area contributed by atoms with Crippen molar-refractivity contribution in [3.05, 3.63) is 34.3 Å². The second-order valence-electron chi connectivity index (χ2n) is 3.94. The maximum atomic E-state index is 11.7. The van der Waals surface area contributed by atoms with Crippen LogP contribution >= 0.6 is 15.9 Å². The lowest BCUT2D eigenvalue weighted by Crippen LogP contribution is -2.43. The molecule has 0 saturated carbocycles. The molecule has 1 rings (SSSR count). The SMILES string of the molecule is NC(=O)C[C@@H](NC(=O)Cc1cccc(Br)c1)C(=O)O. The second-order valence-corrected chi connectivity index (χ2v) is 4.85. The molecular formula is C12H13BrN2O4. The number of benzene rings is 1. The first-order valence-electron chi connectivity index (χ1n) is 5.43. The van der Waals surface area contributed by atoms with Crippen molar-refractivity contribution in [2.45, 2.75) is 18.9 Å². The van der Waals surface area contributed by atoms with Crippen LogP contribution in [0.15, 0.2) is 28.7 Å². The summed E-state index contributed by atoms with van der Waals surface area (Å²) in [5, 5.41) is 11.1. The van der Waals surface area contributed by atoms with Gasteiger partial charge in [-0.3, -0.25) is 9.59 Å². The van der Waals surface area contributed by atoms with Crippen LogP contribution in [0.1, 0.15) is 12.0 Å². The highest BCUT2D eigenvalue weighted by atomic mass is 79.9. The molecule has 0 aromatic heterocycles. The van der Waals surface area contributed by atoms with Crippen LogP contribution in [0.4, 0.5) is 0 Å². The predicted octanol–water partition coefficient (Wildman–Crippen LogP) is 0.436. The monoisotopic (exact) mass is 328 g/mol. The van der Waals surface area contributed by atoms with E-state index in [0.717, 1.165) is 10.0 Å². The number of carboxylic acid groups (broad SMARTS) is 1. The van der Waals surface area contributed by atoms with Gasteiger partial charge in [0.2, 0.25) is 11.8 Å². The van der Waals surface area contributed by atoms with Crippen molar-refractivity contribution >= 4 is 33.7 Å². The van der Waals surface area contributed by atoms with Crippen LogP contribution in [-0.2, 0) is 20.8 Å². The molecule has 1 atom stereocenters. The summed E-state index contributed by atoms with van der Waals surface area (Å²) in [6.45, 7) is 0. The van der Waals surface area contributed by atoms with E-state index in [4.69, 9.17) is 10.8 Å². The van der Waals surface area contributed by atoms with Gasteiger partial charge >= 0.3 is 5.97 Å². The van der Waals surface area contributed by atoms with Gasteiger partial charge in [-0.2, -0.15) is 0 Å². The predicted molar refractivity (Wildman–Crippen MR) is 71.2 cm³/mol. The smallest absolute Gasteiger partial charge is 0.326 e. The fourth-order valence-corrected chi connectivity index (χ4v) is 1.93. The molecule has 0 aliphatic rings. The van der Waals surface area contributed by atoms with Gasteiger partial charge < -0.3 is 16.2 Å². The minimum atomic E-state index is -1.29. The number of hydrogen-bond donors (Lipinski definition) is 3. The Hall–Kier alpha value is -1.89. The number of hydrogen-bond acceptors (Lipinski definition) is 3. The summed E-state index contributed by atoms with van der Waals surface area (Å²) < 4.78 is 0.824. The number of nitrogens with two attached hydrogens (primary N) is 1. The summed E-state index contributed by atoms with van der Waals surface area (Å²) in [7, 11) is 0. The molecule has 0 fully saturated rings. The fourth-order valence-electron chi connectivity index (χ4n) is 1.48. The number of carbonyl (C=O) groups is 3. The van der Waals surface area contributed by atoms with Gasteiger partial charge in [0, 0.05) is 4.47 Å². The van der Waals surface area contributed by atoms with Crippen molar-refractivity contribution in [1.29, 1.82) is 0 Å². The van der Waals surface area contributed by atoms with Crippen molar-refractivity contribution in [2.24, 2.45) is 5.73 Å². The molecule has 0 heterocycles. The van der Waals surface area contributed by atoms with Gasteiger partial charge in [0.25, 0.3) is 0 Å². The highest BCUT2D eigenvalue weighted by Crippen LogP contribution is 2.12. The number of carbonyl (C=O) groups excluding carboxylic acids is 2. The van der Waals surface area contributed by atoms with Gasteiger partial charge in [-0.25, -0.2) is 4.79 Å². The summed E-state index contributed by atoms with van der Waals surface area (Å²) in [6.07, 6.45) is -0.401. The molecule has 1 aromatic carbocycles. The van der Waals surface area contributed by atoms with Crippen molar-refractivity contribution in [3.8, 4) is 0 Å². The van der Waals surface area contributed by atoms with Gasteiger partial charge in [0.05, 0.1) is 12.8 Å². The van der Waals surface area contributed by atoms with E-state index in [9.17, 15) is 14.4 Å². The molecule has 0 aliphatic carbocycles. The third kappa shape index (κ3) is 5.52. The number of nitrogens with one attached hydrogen (secondary N) is 1. The van der Waals surface area contributed by atoms with E-state index in [1.54, 1.807) is 18.2 Å². The van der Waals surface area contributed by atoms with Gasteiger partial charge in [0.1, 0.15) is 6.04 Å². The average molecular weight is 329 g/mol. The van der Waals surface area contributed by atoms with E-state index < -0.39 is 30.2 Å². The minimum absolute atomic E-state index is 0.0297. The average Bonchev–Trinajstić information content (AvgIpc) is 2.27. The van der Waals surface area contributed by atoms with E-state index >= 15 is 0 Å². The standard InChI is InChI=1S/C12H13BrN2O4/c13-8-3-1-2-7(4-8)5-11(17)15-9(12(18)19)6-10(14)16/h1-4,9H,5-6H2,(H2,14,16)(H,15,17)(H,18,19)/t9-/m1/s1. The Bertz CT molecular complexity index is 504. The Morgan fingerprint density at radius 3 is 2.58 bits per heavy atom. The van der Waals surface area contributed by atoms with E-state index in [2.05, 4.69) is 21.2 Å². The third-order valence-corrected chi connectivity index (χ3v) is 2.79. The van der Waals surface area contributed by atoms with Gasteiger partial charge in [-0.05, 0) is 17.7 Å². The summed E-state index contributed by atoms with van der Waals surface area (Å²) in [6, 6.07) is 5.79. The van der Waals surface area contributed by atoms with E-state index in [1.807, 2.05) is 6.07 Å². The van der Waals surface area contributed by atoms with Crippen molar-refractivity contribution in [2.75, 3.05) is 0 Å². The molecule has 0 saturated heterocycles. The number of primary amides is 1. The molecule has 0 radical (unpaired) electrons. The van der Waals surface area contributed by atoms with Crippen LogP contribution in [0.3, 0.4) is 0 Å². The van der Waals surface area contributed by atoms with Crippen LogP contribution in [0.5, 0.6) is 0 Å². The Kier molecular flexibility index (Phi) is 5.50. The van der Waals surface area contributed by atoms with Gasteiger partial charge in [0.15, 0.2) is 0 Å². The maximum absolute atomic E-state index is 11.7. The molecule has 0 spiro atoms. The normalized spacial score (nSPS) is 11.6. The largest absolute Gasteiger partial charge is 0.480 e. The van der Waals surface area contributed by atoms with Crippen molar-refractivity contribution in [1.82, 2.24) is 5.32 Å². The van der Waals surface area contributed by atoms with Gasteiger partial charge in [-0.15, -0.1) is 0 Å². The minimum Gasteiger partial charge on any atom is -0.480 e. The summed E-state index contributed by atoms with van der Waals surface area (Å²) in [5.41, 5.74) is 5.65. The Labute approximate surface area is 118 Å². The second kappa shape index (κ2) is 6.89.